The van der Waals surface area contributed by atoms with Crippen LogP contribution in [0.1, 0.15) is 47.3 Å². The van der Waals surface area contributed by atoms with Crippen molar-refractivity contribution < 1.29 is 32.2 Å². The fourth-order valence-electron chi connectivity index (χ4n) is 5.23. The number of aryl methyl sites for hydroxylation is 1. The Morgan fingerprint density at radius 1 is 1.05 bits per heavy atom. The van der Waals surface area contributed by atoms with Crippen LogP contribution in [-0.2, 0) is 23.8 Å². The van der Waals surface area contributed by atoms with E-state index in [-0.39, 0.29) is 18.2 Å². The number of hydrogen-bond donors (Lipinski definition) is 1. The van der Waals surface area contributed by atoms with Crippen molar-refractivity contribution in [3.8, 4) is 17.2 Å². The van der Waals surface area contributed by atoms with E-state index >= 15 is 0 Å². The largest absolute Gasteiger partial charge is 0.493 e. The van der Waals surface area contributed by atoms with Crippen molar-refractivity contribution in [1.82, 2.24) is 15.0 Å². The van der Waals surface area contributed by atoms with Gasteiger partial charge in [0.2, 0.25) is 5.89 Å². The van der Waals surface area contributed by atoms with Crippen molar-refractivity contribution >= 4 is 5.97 Å². The SMILES string of the molecule is Cc1oc(-c2ccccc2)nc1CCOc1ccc(CC2C[C@@H](C(=O)O)CC2c2nccc(C(F)(F)F)n2)cc1. The molecule has 0 radical (unpaired) electrons. The summed E-state index contributed by atoms with van der Waals surface area (Å²) >= 11 is 0. The first-order valence-electron chi connectivity index (χ1n) is 13.0. The molecule has 4 aromatic rings. The summed E-state index contributed by atoms with van der Waals surface area (Å²) < 4.78 is 51.3. The Labute approximate surface area is 229 Å². The molecule has 2 heterocycles. The van der Waals surface area contributed by atoms with Gasteiger partial charge in [0.05, 0.1) is 18.2 Å². The summed E-state index contributed by atoms with van der Waals surface area (Å²) in [5.74, 6) is -0.268. The van der Waals surface area contributed by atoms with Crippen LogP contribution in [0, 0.1) is 18.8 Å². The van der Waals surface area contributed by atoms with Crippen LogP contribution in [0.3, 0.4) is 0 Å². The van der Waals surface area contributed by atoms with Gasteiger partial charge < -0.3 is 14.3 Å². The van der Waals surface area contributed by atoms with E-state index in [0.717, 1.165) is 34.8 Å². The molecule has 208 valence electrons. The second-order valence-corrected chi connectivity index (χ2v) is 10.0. The Bertz CT molecular complexity index is 1460. The Hall–Kier alpha value is -4.21. The van der Waals surface area contributed by atoms with Gasteiger partial charge in [0.1, 0.15) is 23.0 Å². The molecule has 40 heavy (non-hydrogen) atoms. The molecule has 0 bridgehead atoms. The lowest BCUT2D eigenvalue weighted by Crippen LogP contribution is -2.16. The van der Waals surface area contributed by atoms with Gasteiger partial charge in [-0.2, -0.15) is 13.2 Å². The minimum absolute atomic E-state index is 0.0436. The normalized spacial score (nSPS) is 19.1. The Kier molecular flexibility index (Phi) is 7.86. The van der Waals surface area contributed by atoms with Gasteiger partial charge in [-0.3, -0.25) is 4.79 Å². The number of oxazole rings is 1. The first-order valence-corrected chi connectivity index (χ1v) is 13.0. The van der Waals surface area contributed by atoms with Crippen molar-refractivity contribution in [3.63, 3.8) is 0 Å². The molecule has 2 aromatic heterocycles. The van der Waals surface area contributed by atoms with E-state index in [2.05, 4.69) is 15.0 Å². The summed E-state index contributed by atoms with van der Waals surface area (Å²) in [7, 11) is 0. The standard InChI is InChI=1S/C30H28F3N3O4/c1-18-25(35-28(40-18)20-5-3-2-4-6-20)12-14-39-23-9-7-19(8-10-23)15-21-16-22(29(37)38)17-24(21)27-34-13-11-26(36-27)30(31,32)33/h2-11,13,21-22,24H,12,14-17H2,1H3,(H,37,38)/t21?,22-,24?/m1/s1. The number of aromatic nitrogens is 3. The smallest absolute Gasteiger partial charge is 0.433 e. The minimum atomic E-state index is -4.59. The van der Waals surface area contributed by atoms with Crippen molar-refractivity contribution in [2.75, 3.05) is 6.61 Å². The highest BCUT2D eigenvalue weighted by Crippen LogP contribution is 2.44. The van der Waals surface area contributed by atoms with Gasteiger partial charge in [-0.15, -0.1) is 0 Å². The number of halogens is 3. The number of hydrogen-bond acceptors (Lipinski definition) is 6. The highest BCUT2D eigenvalue weighted by Gasteiger charge is 2.41. The molecule has 0 spiro atoms. The number of alkyl halides is 3. The molecule has 1 saturated carbocycles. The molecule has 2 aromatic carbocycles. The zero-order valence-electron chi connectivity index (χ0n) is 21.8. The fourth-order valence-corrected chi connectivity index (χ4v) is 5.23. The van der Waals surface area contributed by atoms with Gasteiger partial charge in [-0.25, -0.2) is 15.0 Å². The number of aliphatic carboxylic acids is 1. The summed E-state index contributed by atoms with van der Waals surface area (Å²) in [5.41, 5.74) is 1.65. The van der Waals surface area contributed by atoms with Gasteiger partial charge >= 0.3 is 12.1 Å². The number of carboxylic acids is 1. The van der Waals surface area contributed by atoms with Gasteiger partial charge in [0.15, 0.2) is 0 Å². The van der Waals surface area contributed by atoms with E-state index in [1.165, 1.54) is 0 Å². The molecular weight excluding hydrogens is 523 g/mol. The van der Waals surface area contributed by atoms with Crippen LogP contribution in [0.2, 0.25) is 0 Å². The molecule has 0 saturated heterocycles. The zero-order valence-corrected chi connectivity index (χ0v) is 21.8. The third-order valence-corrected chi connectivity index (χ3v) is 7.28. The molecule has 1 aliphatic carbocycles. The Morgan fingerprint density at radius 3 is 2.50 bits per heavy atom. The summed E-state index contributed by atoms with van der Waals surface area (Å²) in [6, 6.07) is 17.9. The first-order chi connectivity index (χ1) is 19.2. The van der Waals surface area contributed by atoms with Crippen molar-refractivity contribution in [2.45, 2.75) is 44.7 Å². The lowest BCUT2D eigenvalue weighted by atomic mass is 9.89. The first kappa shape index (κ1) is 27.4. The van der Waals surface area contributed by atoms with E-state index in [1.54, 1.807) is 0 Å². The molecule has 0 amide bonds. The highest BCUT2D eigenvalue weighted by atomic mass is 19.4. The summed E-state index contributed by atoms with van der Waals surface area (Å²) in [5, 5.41) is 9.58. The van der Waals surface area contributed by atoms with Gasteiger partial charge in [0.25, 0.3) is 0 Å². The highest BCUT2D eigenvalue weighted by molar-refractivity contribution is 5.70. The lowest BCUT2D eigenvalue weighted by Gasteiger charge is -2.19. The molecule has 10 heteroatoms. The number of nitrogens with zero attached hydrogens (tertiary/aromatic N) is 3. The molecule has 5 rings (SSSR count). The second kappa shape index (κ2) is 11.5. The molecule has 7 nitrogen and oxygen atoms in total. The van der Waals surface area contributed by atoms with Crippen LogP contribution in [0.4, 0.5) is 13.2 Å². The molecular formula is C30H28F3N3O4. The van der Waals surface area contributed by atoms with Crippen molar-refractivity contribution in [3.05, 3.63) is 95.4 Å². The van der Waals surface area contributed by atoms with E-state index in [9.17, 15) is 23.1 Å². The Balaban J connectivity index is 1.21. The Morgan fingerprint density at radius 2 is 1.80 bits per heavy atom. The molecule has 1 N–H and O–H groups in total. The topological polar surface area (TPSA) is 98.3 Å². The summed E-state index contributed by atoms with van der Waals surface area (Å²) in [6.07, 6.45) is -1.89. The third-order valence-electron chi connectivity index (χ3n) is 7.28. The number of ether oxygens (including phenoxy) is 1. The van der Waals surface area contributed by atoms with Crippen LogP contribution in [-0.4, -0.2) is 32.6 Å². The number of carbonyl (C=O) groups is 1. The van der Waals surface area contributed by atoms with Gasteiger partial charge in [-0.1, -0.05) is 30.3 Å². The molecule has 1 aliphatic rings. The van der Waals surface area contributed by atoms with Gasteiger partial charge in [-0.05, 0) is 68.0 Å². The summed E-state index contributed by atoms with van der Waals surface area (Å²) in [4.78, 5) is 24.1. The van der Waals surface area contributed by atoms with Crippen molar-refractivity contribution in [1.29, 1.82) is 0 Å². The van der Waals surface area contributed by atoms with Crippen LogP contribution in [0.5, 0.6) is 5.75 Å². The molecule has 2 unspecified atom stereocenters. The predicted molar refractivity (Wildman–Crippen MR) is 140 cm³/mol. The van der Waals surface area contributed by atoms with Crippen LogP contribution in [0.15, 0.2) is 71.3 Å². The van der Waals surface area contributed by atoms with E-state index in [4.69, 9.17) is 9.15 Å². The number of rotatable bonds is 9. The zero-order chi connectivity index (χ0) is 28.3. The van der Waals surface area contributed by atoms with Crippen LogP contribution in [0.25, 0.3) is 11.5 Å². The van der Waals surface area contributed by atoms with Gasteiger partial charge in [0, 0.05) is 24.1 Å². The quantitative estimate of drug-likeness (QED) is 0.253. The maximum absolute atomic E-state index is 13.2. The maximum atomic E-state index is 13.2. The average molecular weight is 552 g/mol. The van der Waals surface area contributed by atoms with Crippen LogP contribution < -0.4 is 4.74 Å². The van der Waals surface area contributed by atoms with Crippen molar-refractivity contribution in [2.24, 2.45) is 11.8 Å². The fraction of sp³-hybridized carbons (Fsp3) is 0.333. The summed E-state index contributed by atoms with van der Waals surface area (Å²) in [6.45, 7) is 2.28. The van der Waals surface area contributed by atoms with E-state index < -0.39 is 29.7 Å². The average Bonchev–Trinajstić information content (AvgIpc) is 3.53. The third kappa shape index (κ3) is 6.32. The minimum Gasteiger partial charge on any atom is -0.493 e. The maximum Gasteiger partial charge on any atom is 0.433 e. The van der Waals surface area contributed by atoms with E-state index in [1.807, 2.05) is 61.5 Å². The molecule has 1 fully saturated rings. The predicted octanol–water partition coefficient (Wildman–Crippen LogP) is 6.52. The monoisotopic (exact) mass is 551 g/mol. The van der Waals surface area contributed by atoms with Crippen LogP contribution >= 0.6 is 0 Å². The number of carboxylic acid groups (broad SMARTS) is 1. The van der Waals surface area contributed by atoms with E-state index in [0.29, 0.717) is 37.5 Å². The second-order valence-electron chi connectivity index (χ2n) is 10.0. The lowest BCUT2D eigenvalue weighted by molar-refractivity contribution is -0.142. The molecule has 0 aliphatic heterocycles. The molecule has 3 atom stereocenters. The number of benzene rings is 2.